The Bertz CT molecular complexity index is 815. The Hall–Kier alpha value is -2.11. The van der Waals surface area contributed by atoms with Crippen LogP contribution >= 0.6 is 11.6 Å². The molecule has 0 aliphatic carbocycles. The minimum absolute atomic E-state index is 0.400. The van der Waals surface area contributed by atoms with Crippen molar-refractivity contribution in [2.24, 2.45) is 0 Å². The fraction of sp³-hybridized carbons (Fsp3) is 0.478. The summed E-state index contributed by atoms with van der Waals surface area (Å²) in [6.45, 7) is 3.02. The molecule has 0 bridgehead atoms. The van der Waals surface area contributed by atoms with Crippen LogP contribution < -0.4 is 19.1 Å². The highest BCUT2D eigenvalue weighted by atomic mass is 35.5. The molecule has 0 radical (unpaired) electrons. The fourth-order valence-electron chi connectivity index (χ4n) is 3.99. The molecule has 1 saturated heterocycles. The molecule has 3 rings (SSSR count). The van der Waals surface area contributed by atoms with Crippen molar-refractivity contribution in [2.75, 3.05) is 52.9 Å². The van der Waals surface area contributed by atoms with Crippen LogP contribution in [-0.4, -0.2) is 52.9 Å². The molecule has 158 valence electrons. The van der Waals surface area contributed by atoms with Crippen LogP contribution in [0.3, 0.4) is 0 Å². The minimum Gasteiger partial charge on any atom is -0.495 e. The van der Waals surface area contributed by atoms with Crippen molar-refractivity contribution in [3.05, 3.63) is 47.0 Å². The van der Waals surface area contributed by atoms with E-state index in [0.29, 0.717) is 16.8 Å². The topological polar surface area (TPSA) is 34.2 Å². The van der Waals surface area contributed by atoms with E-state index in [1.165, 1.54) is 18.4 Å². The van der Waals surface area contributed by atoms with Crippen molar-refractivity contribution < 1.29 is 14.2 Å². The number of methoxy groups -OCH3 is 3. The van der Waals surface area contributed by atoms with E-state index in [1.807, 2.05) is 24.3 Å². The highest BCUT2D eigenvalue weighted by Gasteiger charge is 2.25. The van der Waals surface area contributed by atoms with Gasteiger partial charge in [-0.05, 0) is 49.2 Å². The summed E-state index contributed by atoms with van der Waals surface area (Å²) in [6.07, 6.45) is 3.65. The van der Waals surface area contributed by atoms with Crippen molar-refractivity contribution in [1.29, 1.82) is 0 Å². The third-order valence-electron chi connectivity index (χ3n) is 5.70. The fourth-order valence-corrected chi connectivity index (χ4v) is 4.18. The molecule has 0 N–H and O–H groups in total. The predicted molar refractivity (Wildman–Crippen MR) is 119 cm³/mol. The van der Waals surface area contributed by atoms with Gasteiger partial charge in [0.25, 0.3) is 0 Å². The van der Waals surface area contributed by atoms with Gasteiger partial charge in [0.1, 0.15) is 5.75 Å². The second-order valence-electron chi connectivity index (χ2n) is 7.40. The average Bonchev–Trinajstić information content (AvgIpc) is 2.77. The third-order valence-corrected chi connectivity index (χ3v) is 6.02. The number of hydrogen-bond donors (Lipinski definition) is 0. The van der Waals surface area contributed by atoms with Crippen molar-refractivity contribution >= 4 is 17.3 Å². The molecular formula is C23H31ClN2O3. The van der Waals surface area contributed by atoms with E-state index < -0.39 is 0 Å². The summed E-state index contributed by atoms with van der Waals surface area (Å²) < 4.78 is 16.3. The van der Waals surface area contributed by atoms with Crippen LogP contribution in [-0.2, 0) is 0 Å². The summed E-state index contributed by atoms with van der Waals surface area (Å²) in [5.41, 5.74) is 2.39. The molecule has 1 unspecified atom stereocenters. The molecule has 2 aromatic carbocycles. The van der Waals surface area contributed by atoms with Crippen LogP contribution in [0.15, 0.2) is 36.4 Å². The SMILES string of the molecule is COc1cc(N(C)CCN2CCCCC2c2ccc(OC)c(OC)c2)ccc1Cl. The molecule has 0 spiro atoms. The number of rotatable bonds is 8. The van der Waals surface area contributed by atoms with Crippen LogP contribution in [0.4, 0.5) is 5.69 Å². The molecule has 5 nitrogen and oxygen atoms in total. The average molecular weight is 419 g/mol. The molecule has 0 saturated carbocycles. The standard InChI is InChI=1S/C23H31ClN2O3/c1-25(18-9-10-19(24)22(16-18)28-3)13-14-26-12-6-5-7-20(26)17-8-11-21(27-2)23(15-17)29-4/h8-11,15-16,20H,5-7,12-14H2,1-4H3. The summed E-state index contributed by atoms with van der Waals surface area (Å²) in [7, 11) is 7.12. The van der Waals surface area contributed by atoms with Crippen molar-refractivity contribution in [3.8, 4) is 17.2 Å². The normalized spacial score (nSPS) is 17.1. The van der Waals surface area contributed by atoms with Crippen LogP contribution in [0.2, 0.25) is 5.02 Å². The lowest BCUT2D eigenvalue weighted by molar-refractivity contribution is 0.152. The molecule has 29 heavy (non-hydrogen) atoms. The van der Waals surface area contributed by atoms with Gasteiger partial charge in [-0.15, -0.1) is 0 Å². The zero-order valence-corrected chi connectivity index (χ0v) is 18.5. The highest BCUT2D eigenvalue weighted by Crippen LogP contribution is 2.36. The van der Waals surface area contributed by atoms with Crippen LogP contribution in [0, 0.1) is 0 Å². The van der Waals surface area contributed by atoms with E-state index in [4.69, 9.17) is 25.8 Å². The van der Waals surface area contributed by atoms with Crippen LogP contribution in [0.1, 0.15) is 30.9 Å². The number of ether oxygens (including phenoxy) is 3. The Labute approximate surface area is 179 Å². The Balaban J connectivity index is 1.70. The lowest BCUT2D eigenvalue weighted by atomic mass is 9.95. The molecule has 1 aliphatic heterocycles. The summed E-state index contributed by atoms with van der Waals surface area (Å²) >= 11 is 6.16. The second kappa shape index (κ2) is 10.1. The van der Waals surface area contributed by atoms with Gasteiger partial charge in [0.05, 0.1) is 26.4 Å². The number of nitrogens with zero attached hydrogens (tertiary/aromatic N) is 2. The first-order valence-corrected chi connectivity index (χ1v) is 10.5. The first-order chi connectivity index (χ1) is 14.1. The summed E-state index contributed by atoms with van der Waals surface area (Å²) in [5, 5.41) is 0.634. The number of halogens is 1. The molecule has 1 aliphatic rings. The first-order valence-electron chi connectivity index (χ1n) is 10.1. The third kappa shape index (κ3) is 5.09. The van der Waals surface area contributed by atoms with Gasteiger partial charge < -0.3 is 19.1 Å². The van der Waals surface area contributed by atoms with E-state index in [9.17, 15) is 0 Å². The Morgan fingerprint density at radius 1 is 0.966 bits per heavy atom. The van der Waals surface area contributed by atoms with Gasteiger partial charge in [0, 0.05) is 37.9 Å². The number of likely N-dealkylation sites (tertiary alicyclic amines) is 1. The monoisotopic (exact) mass is 418 g/mol. The van der Waals surface area contributed by atoms with Crippen molar-refractivity contribution in [3.63, 3.8) is 0 Å². The molecule has 2 aromatic rings. The molecule has 6 heteroatoms. The molecule has 1 atom stereocenters. The van der Waals surface area contributed by atoms with Crippen molar-refractivity contribution in [2.45, 2.75) is 25.3 Å². The van der Waals surface area contributed by atoms with Gasteiger partial charge in [-0.2, -0.15) is 0 Å². The summed E-state index contributed by atoms with van der Waals surface area (Å²) in [5.74, 6) is 2.27. The number of benzene rings is 2. The van der Waals surface area contributed by atoms with Gasteiger partial charge in [-0.25, -0.2) is 0 Å². The van der Waals surface area contributed by atoms with E-state index in [-0.39, 0.29) is 0 Å². The number of piperidine rings is 1. The maximum absolute atomic E-state index is 6.16. The Morgan fingerprint density at radius 3 is 2.45 bits per heavy atom. The highest BCUT2D eigenvalue weighted by molar-refractivity contribution is 6.32. The van der Waals surface area contributed by atoms with E-state index in [1.54, 1.807) is 21.3 Å². The first kappa shape index (κ1) is 21.6. The van der Waals surface area contributed by atoms with E-state index in [0.717, 1.165) is 43.2 Å². The Morgan fingerprint density at radius 2 is 1.72 bits per heavy atom. The molecular weight excluding hydrogens is 388 g/mol. The number of hydrogen-bond acceptors (Lipinski definition) is 5. The van der Waals surface area contributed by atoms with E-state index in [2.05, 4.69) is 29.0 Å². The minimum atomic E-state index is 0.400. The Kier molecular flexibility index (Phi) is 7.51. The van der Waals surface area contributed by atoms with Gasteiger partial charge in [-0.1, -0.05) is 24.1 Å². The van der Waals surface area contributed by atoms with Crippen LogP contribution in [0.25, 0.3) is 0 Å². The molecule has 1 fully saturated rings. The number of anilines is 1. The lowest BCUT2D eigenvalue weighted by Crippen LogP contribution is -2.38. The second-order valence-corrected chi connectivity index (χ2v) is 7.81. The largest absolute Gasteiger partial charge is 0.495 e. The van der Waals surface area contributed by atoms with Gasteiger partial charge >= 0.3 is 0 Å². The molecule has 0 aromatic heterocycles. The predicted octanol–water partition coefficient (Wildman–Crippen LogP) is 5.03. The maximum atomic E-state index is 6.16. The quantitative estimate of drug-likeness (QED) is 0.600. The van der Waals surface area contributed by atoms with Gasteiger partial charge in [-0.3, -0.25) is 4.90 Å². The zero-order valence-electron chi connectivity index (χ0n) is 17.8. The zero-order chi connectivity index (χ0) is 20.8. The van der Waals surface area contributed by atoms with E-state index >= 15 is 0 Å². The van der Waals surface area contributed by atoms with Crippen LogP contribution in [0.5, 0.6) is 17.2 Å². The molecule has 1 heterocycles. The van der Waals surface area contributed by atoms with Gasteiger partial charge in [0.15, 0.2) is 11.5 Å². The maximum Gasteiger partial charge on any atom is 0.161 e. The summed E-state index contributed by atoms with van der Waals surface area (Å²) in [4.78, 5) is 4.83. The molecule has 0 amide bonds. The van der Waals surface area contributed by atoms with Crippen molar-refractivity contribution in [1.82, 2.24) is 4.90 Å². The summed E-state index contributed by atoms with van der Waals surface area (Å²) in [6, 6.07) is 12.6. The smallest absolute Gasteiger partial charge is 0.161 e. The number of likely N-dealkylation sites (N-methyl/N-ethyl adjacent to an activating group) is 1. The lowest BCUT2D eigenvalue weighted by Gasteiger charge is -2.37. The van der Waals surface area contributed by atoms with Gasteiger partial charge in [0.2, 0.25) is 0 Å².